The molecule has 12 heavy (non-hydrogen) atoms. The second-order valence-electron chi connectivity index (χ2n) is 2.97. The molecule has 0 atom stereocenters. The molecule has 3 N–H and O–H groups in total. The molecular formula is C6H15O5P. The summed E-state index contributed by atoms with van der Waals surface area (Å²) in [4.78, 5) is 31.6. The number of aldehydes is 1. The lowest BCUT2D eigenvalue weighted by molar-refractivity contribution is -0.114. The van der Waals surface area contributed by atoms with Crippen molar-refractivity contribution in [2.45, 2.75) is 27.2 Å². The molecule has 0 aliphatic rings. The highest BCUT2D eigenvalue weighted by atomic mass is 31.2. The van der Waals surface area contributed by atoms with E-state index in [1.807, 2.05) is 20.8 Å². The van der Waals surface area contributed by atoms with Crippen LogP contribution in [-0.2, 0) is 9.36 Å². The van der Waals surface area contributed by atoms with Gasteiger partial charge in [-0.05, 0) is 6.42 Å². The molecule has 0 saturated carbocycles. The predicted octanol–water partition coefficient (Wildman–Crippen LogP) is 0.693. The van der Waals surface area contributed by atoms with Crippen LogP contribution in [0, 0.1) is 5.41 Å². The monoisotopic (exact) mass is 198 g/mol. The van der Waals surface area contributed by atoms with Gasteiger partial charge in [0.2, 0.25) is 0 Å². The summed E-state index contributed by atoms with van der Waals surface area (Å²) in [5.41, 5.74) is -0.0972. The van der Waals surface area contributed by atoms with E-state index in [9.17, 15) is 4.79 Å². The van der Waals surface area contributed by atoms with Gasteiger partial charge in [-0.3, -0.25) is 0 Å². The highest BCUT2D eigenvalue weighted by molar-refractivity contribution is 7.45. The first-order valence-electron chi connectivity index (χ1n) is 3.37. The Morgan fingerprint density at radius 3 is 1.58 bits per heavy atom. The van der Waals surface area contributed by atoms with Crippen LogP contribution in [0.25, 0.3) is 0 Å². The van der Waals surface area contributed by atoms with E-state index in [4.69, 9.17) is 19.2 Å². The second-order valence-corrected chi connectivity index (χ2v) is 4.00. The van der Waals surface area contributed by atoms with E-state index in [0.29, 0.717) is 0 Å². The molecule has 0 aliphatic heterocycles. The number of carbonyl (C=O) groups is 1. The summed E-state index contributed by atoms with van der Waals surface area (Å²) < 4.78 is 8.88. The van der Waals surface area contributed by atoms with Gasteiger partial charge in [0.25, 0.3) is 0 Å². The molecule has 0 amide bonds. The van der Waals surface area contributed by atoms with Crippen LogP contribution in [0.1, 0.15) is 27.2 Å². The SMILES string of the molecule is CCC(C)(C)C=O.O=P(O)(O)O. The fourth-order valence-electron chi connectivity index (χ4n) is 0.0833. The third-order valence-corrected chi connectivity index (χ3v) is 1.23. The Morgan fingerprint density at radius 1 is 1.33 bits per heavy atom. The highest BCUT2D eigenvalue weighted by Gasteiger charge is 2.11. The lowest BCUT2D eigenvalue weighted by Crippen LogP contribution is -2.09. The van der Waals surface area contributed by atoms with Crippen molar-refractivity contribution < 1.29 is 24.0 Å². The smallest absolute Gasteiger partial charge is 0.303 e. The summed E-state index contributed by atoms with van der Waals surface area (Å²) in [5, 5.41) is 0. The number of rotatable bonds is 2. The van der Waals surface area contributed by atoms with Crippen molar-refractivity contribution in [3.63, 3.8) is 0 Å². The standard InChI is InChI=1S/C6H12O.H3O4P/c1-4-6(2,3)5-7;1-5(2,3)4/h5H,4H2,1-3H3;(H3,1,2,3,4). The average molecular weight is 198 g/mol. The molecule has 0 heterocycles. The predicted molar refractivity (Wildman–Crippen MR) is 44.4 cm³/mol. The van der Waals surface area contributed by atoms with Crippen LogP contribution in [0.2, 0.25) is 0 Å². The molecule has 0 rings (SSSR count). The summed E-state index contributed by atoms with van der Waals surface area (Å²) in [6.07, 6.45) is 1.92. The van der Waals surface area contributed by atoms with E-state index >= 15 is 0 Å². The van der Waals surface area contributed by atoms with Gasteiger partial charge in [-0.1, -0.05) is 20.8 Å². The first-order chi connectivity index (χ1) is 5.12. The van der Waals surface area contributed by atoms with Crippen LogP contribution in [0.3, 0.4) is 0 Å². The van der Waals surface area contributed by atoms with Crippen molar-refractivity contribution >= 4 is 14.1 Å². The largest absolute Gasteiger partial charge is 0.466 e. The molecule has 0 bridgehead atoms. The number of hydrogen-bond acceptors (Lipinski definition) is 2. The zero-order chi connectivity index (χ0) is 10.4. The van der Waals surface area contributed by atoms with Gasteiger partial charge in [0.15, 0.2) is 0 Å². The van der Waals surface area contributed by atoms with Crippen LogP contribution >= 0.6 is 7.82 Å². The van der Waals surface area contributed by atoms with Crippen molar-refractivity contribution in [1.82, 2.24) is 0 Å². The molecule has 74 valence electrons. The third-order valence-electron chi connectivity index (χ3n) is 1.23. The summed E-state index contributed by atoms with van der Waals surface area (Å²) in [7, 11) is -4.64. The fourth-order valence-corrected chi connectivity index (χ4v) is 0.0833. The molecule has 0 saturated heterocycles. The minimum atomic E-state index is -4.64. The normalized spacial score (nSPS) is 11.5. The van der Waals surface area contributed by atoms with Crippen LogP contribution in [0.15, 0.2) is 0 Å². The number of phosphoric acid groups is 1. The van der Waals surface area contributed by atoms with Gasteiger partial charge in [-0.15, -0.1) is 0 Å². The topological polar surface area (TPSA) is 94.8 Å². The Kier molecular flexibility index (Phi) is 6.48. The van der Waals surface area contributed by atoms with Gasteiger partial charge in [-0.2, -0.15) is 0 Å². The van der Waals surface area contributed by atoms with E-state index in [-0.39, 0.29) is 5.41 Å². The summed E-state index contributed by atoms with van der Waals surface area (Å²) in [6.45, 7) is 5.87. The van der Waals surface area contributed by atoms with E-state index < -0.39 is 7.82 Å². The molecule has 0 fully saturated rings. The summed E-state index contributed by atoms with van der Waals surface area (Å²) in [5.74, 6) is 0. The molecule has 0 unspecified atom stereocenters. The van der Waals surface area contributed by atoms with Gasteiger partial charge in [-0.25, -0.2) is 4.57 Å². The van der Waals surface area contributed by atoms with E-state index in [2.05, 4.69) is 0 Å². The Bertz CT molecular complexity index is 163. The minimum Gasteiger partial charge on any atom is -0.303 e. The Balaban J connectivity index is 0. The Labute approximate surface area is 71.7 Å². The zero-order valence-corrected chi connectivity index (χ0v) is 8.28. The molecule has 0 aromatic heterocycles. The van der Waals surface area contributed by atoms with Crippen molar-refractivity contribution in [2.75, 3.05) is 0 Å². The summed E-state index contributed by atoms with van der Waals surface area (Å²) >= 11 is 0. The average Bonchev–Trinajstić information content (AvgIpc) is 1.85. The molecule has 0 spiro atoms. The quantitative estimate of drug-likeness (QED) is 0.448. The van der Waals surface area contributed by atoms with E-state index in [1.54, 1.807) is 0 Å². The molecule has 0 aliphatic carbocycles. The van der Waals surface area contributed by atoms with Gasteiger partial charge in [0, 0.05) is 5.41 Å². The molecular weight excluding hydrogens is 183 g/mol. The number of carbonyl (C=O) groups excluding carboxylic acids is 1. The molecule has 0 aromatic carbocycles. The van der Waals surface area contributed by atoms with Gasteiger partial charge >= 0.3 is 7.82 Å². The zero-order valence-electron chi connectivity index (χ0n) is 7.39. The number of hydrogen-bond donors (Lipinski definition) is 3. The Morgan fingerprint density at radius 2 is 1.58 bits per heavy atom. The minimum absolute atomic E-state index is 0.0972. The van der Waals surface area contributed by atoms with Crippen LogP contribution < -0.4 is 0 Å². The van der Waals surface area contributed by atoms with Gasteiger partial charge in [0.05, 0.1) is 0 Å². The second kappa shape index (κ2) is 5.43. The van der Waals surface area contributed by atoms with Gasteiger partial charge < -0.3 is 19.5 Å². The maximum Gasteiger partial charge on any atom is 0.466 e. The van der Waals surface area contributed by atoms with Crippen molar-refractivity contribution in [3.05, 3.63) is 0 Å². The van der Waals surface area contributed by atoms with Crippen molar-refractivity contribution in [3.8, 4) is 0 Å². The van der Waals surface area contributed by atoms with E-state index in [1.165, 1.54) is 0 Å². The first kappa shape index (κ1) is 14.3. The first-order valence-corrected chi connectivity index (χ1v) is 4.93. The van der Waals surface area contributed by atoms with Crippen molar-refractivity contribution in [2.24, 2.45) is 5.41 Å². The molecule has 5 nitrogen and oxygen atoms in total. The molecule has 0 radical (unpaired) electrons. The highest BCUT2D eigenvalue weighted by Crippen LogP contribution is 2.25. The van der Waals surface area contributed by atoms with Crippen LogP contribution in [-0.4, -0.2) is 21.0 Å². The maximum absolute atomic E-state index is 10.1. The van der Waals surface area contributed by atoms with E-state index in [0.717, 1.165) is 12.7 Å². The fraction of sp³-hybridized carbons (Fsp3) is 0.833. The lowest BCUT2D eigenvalue weighted by Gasteiger charge is -2.10. The lowest BCUT2D eigenvalue weighted by atomic mass is 9.93. The van der Waals surface area contributed by atoms with Crippen LogP contribution in [0.5, 0.6) is 0 Å². The molecule has 6 heteroatoms. The maximum atomic E-state index is 10.1. The molecule has 0 aromatic rings. The third kappa shape index (κ3) is 22.6. The Hall–Kier alpha value is -0.220. The van der Waals surface area contributed by atoms with Gasteiger partial charge in [0.1, 0.15) is 6.29 Å². The van der Waals surface area contributed by atoms with Crippen molar-refractivity contribution in [1.29, 1.82) is 0 Å². The van der Waals surface area contributed by atoms with Crippen LogP contribution in [0.4, 0.5) is 0 Å². The summed E-state index contributed by atoms with van der Waals surface area (Å²) in [6, 6.07) is 0.